The van der Waals surface area contributed by atoms with Crippen LogP contribution >= 0.6 is 0 Å². The lowest BCUT2D eigenvalue weighted by molar-refractivity contribution is -0.130. The smallest absolute Gasteiger partial charge is 0.295 e. The molecule has 0 radical (unpaired) electrons. The van der Waals surface area contributed by atoms with Gasteiger partial charge in [-0.15, -0.1) is 0 Å². The van der Waals surface area contributed by atoms with Gasteiger partial charge in [-0.2, -0.15) is 8.42 Å². The molecule has 0 aromatic rings. The van der Waals surface area contributed by atoms with Gasteiger partial charge < -0.3 is 5.11 Å². The van der Waals surface area contributed by atoms with Gasteiger partial charge in [0.1, 0.15) is 0 Å². The second kappa shape index (κ2) is 2.33. The Hall–Kier alpha value is -0.130. The summed E-state index contributed by atoms with van der Waals surface area (Å²) in [5.74, 6) is 0.522. The van der Waals surface area contributed by atoms with Crippen molar-refractivity contribution in [1.29, 1.82) is 0 Å². The van der Waals surface area contributed by atoms with E-state index in [1.165, 1.54) is 0 Å². The first-order valence-corrected chi connectivity index (χ1v) is 6.58. The van der Waals surface area contributed by atoms with Crippen LogP contribution in [-0.2, 0) is 10.1 Å². The summed E-state index contributed by atoms with van der Waals surface area (Å²) in [5, 5.41) is 10.1. The molecule has 3 saturated carbocycles. The first-order chi connectivity index (χ1) is 6.44. The van der Waals surface area contributed by atoms with Crippen molar-refractivity contribution in [2.24, 2.45) is 23.7 Å². The maximum absolute atomic E-state index is 11.2. The van der Waals surface area contributed by atoms with Gasteiger partial charge in [0.05, 0.1) is 0 Å². The fourth-order valence-electron chi connectivity index (χ4n) is 4.02. The van der Waals surface area contributed by atoms with Gasteiger partial charge in [-0.25, -0.2) is 0 Å². The lowest BCUT2D eigenvalue weighted by Crippen LogP contribution is -2.64. The summed E-state index contributed by atoms with van der Waals surface area (Å²) in [4.78, 5) is -1.80. The van der Waals surface area contributed by atoms with Crippen molar-refractivity contribution >= 4 is 10.1 Å². The lowest BCUT2D eigenvalue weighted by atomic mass is 9.61. The third kappa shape index (κ3) is 0.800. The molecule has 5 heteroatoms. The van der Waals surface area contributed by atoms with Crippen molar-refractivity contribution in [3.05, 3.63) is 0 Å². The molecule has 4 nitrogen and oxygen atoms in total. The molecule has 0 saturated heterocycles. The third-order valence-corrected chi connectivity index (χ3v) is 6.02. The standard InChI is InChI=1S/C9H14O4S/c10-9(14(11,12)13)7-2-1-5-3-6(7)8(9)4-5/h5-8,10H,1-4H2,(H,11,12,13)/t5-,6-,7+,8-,9?/m0/s1. The Morgan fingerprint density at radius 2 is 1.86 bits per heavy atom. The first kappa shape index (κ1) is 9.12. The van der Waals surface area contributed by atoms with Crippen LogP contribution in [0.25, 0.3) is 0 Å². The van der Waals surface area contributed by atoms with E-state index in [0.29, 0.717) is 11.8 Å². The molecule has 3 rings (SSSR count). The van der Waals surface area contributed by atoms with E-state index in [1.54, 1.807) is 0 Å². The Labute approximate surface area is 83.1 Å². The van der Waals surface area contributed by atoms with Crippen molar-refractivity contribution in [3.63, 3.8) is 0 Å². The summed E-state index contributed by atoms with van der Waals surface area (Å²) < 4.78 is 31.4. The highest BCUT2D eigenvalue weighted by Gasteiger charge is 2.71. The normalized spacial score (nSPS) is 55.6. The monoisotopic (exact) mass is 218 g/mol. The molecule has 3 aliphatic carbocycles. The second-order valence-electron chi connectivity index (χ2n) is 5.02. The van der Waals surface area contributed by atoms with Gasteiger partial charge in [0.15, 0.2) is 4.93 Å². The predicted molar refractivity (Wildman–Crippen MR) is 48.9 cm³/mol. The molecule has 2 N–H and O–H groups in total. The molecule has 2 bridgehead atoms. The molecule has 0 heterocycles. The van der Waals surface area contributed by atoms with Crippen LogP contribution in [0, 0.1) is 23.7 Å². The Kier molecular flexibility index (Phi) is 1.52. The molecule has 1 unspecified atom stereocenters. The topological polar surface area (TPSA) is 74.6 Å². The van der Waals surface area contributed by atoms with Gasteiger partial charge in [-0.3, -0.25) is 4.55 Å². The van der Waals surface area contributed by atoms with Crippen molar-refractivity contribution in [2.75, 3.05) is 0 Å². The first-order valence-electron chi connectivity index (χ1n) is 5.14. The molecule has 5 atom stereocenters. The average Bonchev–Trinajstić information content (AvgIpc) is 2.26. The molecule has 14 heavy (non-hydrogen) atoms. The minimum Gasteiger partial charge on any atom is -0.372 e. The molecule has 0 amide bonds. The number of aliphatic hydroxyl groups is 1. The molecule has 3 fully saturated rings. The number of hydrogen-bond donors (Lipinski definition) is 2. The Bertz CT molecular complexity index is 368. The van der Waals surface area contributed by atoms with Gasteiger partial charge in [0, 0.05) is 11.8 Å². The van der Waals surface area contributed by atoms with E-state index in [1.807, 2.05) is 0 Å². The summed E-state index contributed by atoms with van der Waals surface area (Å²) >= 11 is 0. The van der Waals surface area contributed by atoms with Crippen LogP contribution in [0.1, 0.15) is 25.7 Å². The fraction of sp³-hybridized carbons (Fsp3) is 1.00. The summed E-state index contributed by atoms with van der Waals surface area (Å²) in [5.41, 5.74) is 0. The molecule has 80 valence electrons. The van der Waals surface area contributed by atoms with Gasteiger partial charge in [-0.05, 0) is 31.1 Å². The second-order valence-corrected chi connectivity index (χ2v) is 6.62. The minimum absolute atomic E-state index is 0.199. The zero-order valence-corrected chi connectivity index (χ0v) is 8.57. The van der Waals surface area contributed by atoms with E-state index in [2.05, 4.69) is 0 Å². The summed E-state index contributed by atoms with van der Waals surface area (Å²) in [6.45, 7) is 0. The van der Waals surface area contributed by atoms with Crippen molar-refractivity contribution in [3.8, 4) is 0 Å². The number of fused-ring (bicyclic) bond motifs is 1. The van der Waals surface area contributed by atoms with Crippen LogP contribution in [0.3, 0.4) is 0 Å². The van der Waals surface area contributed by atoms with E-state index in [0.717, 1.165) is 25.7 Å². The fourth-order valence-corrected chi connectivity index (χ4v) is 5.35. The number of hydrogen-bond acceptors (Lipinski definition) is 3. The predicted octanol–water partition coefficient (Wildman–Crippen LogP) is 0.629. The summed E-state index contributed by atoms with van der Waals surface area (Å²) in [6, 6.07) is 0. The maximum Gasteiger partial charge on any atom is 0.295 e. The number of rotatable bonds is 1. The van der Waals surface area contributed by atoms with Crippen LogP contribution in [-0.4, -0.2) is 23.0 Å². The van der Waals surface area contributed by atoms with E-state index >= 15 is 0 Å². The zero-order valence-electron chi connectivity index (χ0n) is 7.76. The summed E-state index contributed by atoms with van der Waals surface area (Å²) in [7, 11) is -4.30. The van der Waals surface area contributed by atoms with Crippen molar-refractivity contribution in [1.82, 2.24) is 0 Å². The minimum atomic E-state index is -4.30. The van der Waals surface area contributed by atoms with Crippen LogP contribution in [0.5, 0.6) is 0 Å². The van der Waals surface area contributed by atoms with Crippen LogP contribution in [0.15, 0.2) is 0 Å². The van der Waals surface area contributed by atoms with Gasteiger partial charge in [0.25, 0.3) is 10.1 Å². The quantitative estimate of drug-likeness (QED) is 0.633. The molecular weight excluding hydrogens is 204 g/mol. The zero-order chi connectivity index (χ0) is 10.1. The lowest BCUT2D eigenvalue weighted by Gasteiger charge is -2.53. The highest BCUT2D eigenvalue weighted by molar-refractivity contribution is 7.87. The molecule has 0 aromatic carbocycles. The van der Waals surface area contributed by atoms with Gasteiger partial charge in [0.2, 0.25) is 0 Å². The third-order valence-electron chi connectivity index (χ3n) is 4.59. The highest BCUT2D eigenvalue weighted by atomic mass is 32.2. The SMILES string of the molecule is O=S(=O)(O)C1(O)[C@@H]2CC[C@H]3C[C@@H]2[C@@H]1C3. The van der Waals surface area contributed by atoms with Gasteiger partial charge in [-0.1, -0.05) is 6.42 Å². The Morgan fingerprint density at radius 1 is 1.14 bits per heavy atom. The molecule has 0 spiro atoms. The van der Waals surface area contributed by atoms with E-state index < -0.39 is 15.1 Å². The van der Waals surface area contributed by atoms with E-state index in [9.17, 15) is 13.5 Å². The Morgan fingerprint density at radius 3 is 2.50 bits per heavy atom. The van der Waals surface area contributed by atoms with Crippen LogP contribution in [0.2, 0.25) is 0 Å². The molecule has 3 aliphatic rings. The van der Waals surface area contributed by atoms with Crippen LogP contribution < -0.4 is 0 Å². The molecule has 0 aromatic heterocycles. The largest absolute Gasteiger partial charge is 0.372 e. The van der Waals surface area contributed by atoms with Gasteiger partial charge >= 0.3 is 0 Å². The maximum atomic E-state index is 11.2. The van der Waals surface area contributed by atoms with Crippen molar-refractivity contribution < 1.29 is 18.1 Å². The molecule has 0 aliphatic heterocycles. The van der Waals surface area contributed by atoms with E-state index in [-0.39, 0.29) is 11.8 Å². The van der Waals surface area contributed by atoms with E-state index in [4.69, 9.17) is 4.55 Å². The molecular formula is C9H14O4S. The summed E-state index contributed by atoms with van der Waals surface area (Å²) in [6.07, 6.45) is 3.59. The van der Waals surface area contributed by atoms with Crippen molar-refractivity contribution in [2.45, 2.75) is 30.6 Å². The average molecular weight is 218 g/mol. The van der Waals surface area contributed by atoms with Crippen LogP contribution in [0.4, 0.5) is 0 Å². The Balaban J connectivity index is 2.05. The highest BCUT2D eigenvalue weighted by Crippen LogP contribution is 2.66.